The van der Waals surface area contributed by atoms with Crippen LogP contribution in [0.25, 0.3) is 6.08 Å². The van der Waals surface area contributed by atoms with Gasteiger partial charge in [-0.3, -0.25) is 4.79 Å². The molecule has 31 heavy (non-hydrogen) atoms. The van der Waals surface area contributed by atoms with E-state index in [0.29, 0.717) is 18.8 Å². The molecule has 7 nitrogen and oxygen atoms in total. The first-order valence-electron chi connectivity index (χ1n) is 10.9. The minimum atomic E-state index is -0.551. The smallest absolute Gasteiger partial charge is 0.246 e. The highest BCUT2D eigenvalue weighted by atomic mass is 16.5. The number of methoxy groups -OCH3 is 1. The molecule has 2 heterocycles. The predicted octanol–water partition coefficient (Wildman–Crippen LogP) is 3.27. The Kier molecular flexibility index (Phi) is 7.87. The molecule has 0 saturated heterocycles. The monoisotopic (exact) mass is 427 g/mol. The van der Waals surface area contributed by atoms with Gasteiger partial charge in [0.05, 0.1) is 12.6 Å². The molecule has 1 amide bonds. The van der Waals surface area contributed by atoms with Gasteiger partial charge in [0.2, 0.25) is 5.91 Å². The summed E-state index contributed by atoms with van der Waals surface area (Å²) in [6.07, 6.45) is 11.5. The van der Waals surface area contributed by atoms with Gasteiger partial charge < -0.3 is 24.8 Å². The van der Waals surface area contributed by atoms with Gasteiger partial charge in [-0.2, -0.15) is 0 Å². The van der Waals surface area contributed by atoms with Crippen LogP contribution in [0.15, 0.2) is 41.8 Å². The van der Waals surface area contributed by atoms with Crippen molar-refractivity contribution in [2.45, 2.75) is 57.9 Å². The van der Waals surface area contributed by atoms with Gasteiger partial charge in [-0.1, -0.05) is 19.1 Å². The molecule has 168 valence electrons. The number of aliphatic hydroxyl groups is 1. The fourth-order valence-electron chi connectivity index (χ4n) is 3.78. The first-order chi connectivity index (χ1) is 14.9. The molecule has 2 aliphatic rings. The Hall–Kier alpha value is -2.64. The maximum atomic E-state index is 12.9. The van der Waals surface area contributed by atoms with Crippen LogP contribution in [-0.2, 0) is 20.7 Å². The number of nitrogens with one attached hydrogen (secondary N) is 1. The molecule has 0 aromatic carbocycles. The third-order valence-corrected chi connectivity index (χ3v) is 5.75. The average molecular weight is 428 g/mol. The Morgan fingerprint density at radius 3 is 3.03 bits per heavy atom. The molecule has 3 atom stereocenters. The number of aryl methyl sites for hydroxylation is 1. The number of likely N-dealkylation sites (N-methyl/N-ethyl adjacent to an activating group) is 1. The maximum absolute atomic E-state index is 12.9. The Balaban J connectivity index is 1.72. The first-order valence-corrected chi connectivity index (χ1v) is 10.9. The number of carbonyl (C=O) groups is 1. The van der Waals surface area contributed by atoms with Gasteiger partial charge in [-0.05, 0) is 55.9 Å². The molecule has 0 radical (unpaired) electrons. The van der Waals surface area contributed by atoms with Crippen molar-refractivity contribution in [3.05, 3.63) is 53.0 Å². The van der Waals surface area contributed by atoms with Crippen molar-refractivity contribution in [2.75, 3.05) is 26.1 Å². The SMILES string of the molecule is CCCOC1=C(C(C)N(C)C(=O)/C=C/c2cnc3c(c2)CCC(O)N3)C=CCC1OC. The second-order valence-electron chi connectivity index (χ2n) is 7.96. The number of pyridine rings is 1. The molecule has 1 aliphatic carbocycles. The number of hydrogen-bond donors (Lipinski definition) is 2. The molecule has 0 saturated carbocycles. The quantitative estimate of drug-likeness (QED) is 0.620. The fourth-order valence-corrected chi connectivity index (χ4v) is 3.78. The number of aromatic nitrogens is 1. The molecule has 1 aliphatic heterocycles. The van der Waals surface area contributed by atoms with Crippen molar-refractivity contribution < 1.29 is 19.4 Å². The topological polar surface area (TPSA) is 83.9 Å². The van der Waals surface area contributed by atoms with E-state index in [4.69, 9.17) is 9.47 Å². The number of ether oxygens (including phenoxy) is 2. The van der Waals surface area contributed by atoms with Gasteiger partial charge in [-0.25, -0.2) is 4.98 Å². The van der Waals surface area contributed by atoms with Gasteiger partial charge in [0, 0.05) is 32.0 Å². The lowest BCUT2D eigenvalue weighted by Crippen LogP contribution is -2.37. The summed E-state index contributed by atoms with van der Waals surface area (Å²) < 4.78 is 11.6. The highest BCUT2D eigenvalue weighted by Crippen LogP contribution is 2.28. The zero-order chi connectivity index (χ0) is 22.4. The fraction of sp³-hybridized carbons (Fsp3) is 0.500. The van der Waals surface area contributed by atoms with Crippen LogP contribution < -0.4 is 5.32 Å². The first kappa shape index (κ1) is 23.0. The molecule has 0 fully saturated rings. The number of rotatable bonds is 8. The number of carbonyl (C=O) groups excluding carboxylic acids is 1. The third kappa shape index (κ3) is 5.54. The minimum absolute atomic E-state index is 0.103. The van der Waals surface area contributed by atoms with E-state index >= 15 is 0 Å². The molecular weight excluding hydrogens is 394 g/mol. The number of aliphatic hydroxyl groups excluding tert-OH is 1. The summed E-state index contributed by atoms with van der Waals surface area (Å²) in [7, 11) is 3.48. The molecule has 0 bridgehead atoms. The third-order valence-electron chi connectivity index (χ3n) is 5.75. The number of anilines is 1. The molecule has 3 rings (SSSR count). The molecule has 2 N–H and O–H groups in total. The molecule has 1 aromatic rings. The van der Waals surface area contributed by atoms with Crippen LogP contribution in [0.1, 0.15) is 44.2 Å². The van der Waals surface area contributed by atoms with E-state index in [-0.39, 0.29) is 18.1 Å². The van der Waals surface area contributed by atoms with Gasteiger partial charge >= 0.3 is 0 Å². The van der Waals surface area contributed by atoms with Crippen LogP contribution in [0.4, 0.5) is 5.82 Å². The van der Waals surface area contributed by atoms with Crippen LogP contribution in [0, 0.1) is 0 Å². The van der Waals surface area contributed by atoms with E-state index in [1.54, 1.807) is 37.4 Å². The van der Waals surface area contributed by atoms with Gasteiger partial charge in [0.25, 0.3) is 0 Å². The Morgan fingerprint density at radius 2 is 2.29 bits per heavy atom. The second kappa shape index (κ2) is 10.6. The molecular formula is C24H33N3O4. The van der Waals surface area contributed by atoms with E-state index in [2.05, 4.69) is 23.3 Å². The van der Waals surface area contributed by atoms with Crippen LogP contribution in [0.2, 0.25) is 0 Å². The van der Waals surface area contributed by atoms with E-state index in [1.807, 2.05) is 19.1 Å². The lowest BCUT2D eigenvalue weighted by atomic mass is 9.96. The van der Waals surface area contributed by atoms with E-state index in [9.17, 15) is 9.90 Å². The second-order valence-corrected chi connectivity index (χ2v) is 7.96. The Labute approximate surface area is 184 Å². The molecule has 1 aromatic heterocycles. The lowest BCUT2D eigenvalue weighted by Gasteiger charge is -2.31. The Bertz CT molecular complexity index is 878. The van der Waals surface area contributed by atoms with Crippen LogP contribution in [-0.4, -0.2) is 60.0 Å². The standard InChI is InChI=1S/C24H33N3O4/c1-5-13-31-23-19(7-6-8-20(23)30-4)16(2)27(3)22(29)12-9-17-14-18-10-11-21(28)26-24(18)25-15-17/h6-7,9,12,14-16,20-21,28H,5,8,10-11,13H2,1-4H3,(H,25,26)/b12-9+. The molecule has 0 spiro atoms. The molecule has 7 heteroatoms. The normalized spacial score (nSPS) is 21.6. The number of amides is 1. The van der Waals surface area contributed by atoms with Gasteiger partial charge in [-0.15, -0.1) is 0 Å². The van der Waals surface area contributed by atoms with Gasteiger partial charge in [0.15, 0.2) is 0 Å². The summed E-state index contributed by atoms with van der Waals surface area (Å²) in [6, 6.07) is 1.84. The Morgan fingerprint density at radius 1 is 1.48 bits per heavy atom. The lowest BCUT2D eigenvalue weighted by molar-refractivity contribution is -0.125. The van der Waals surface area contributed by atoms with Gasteiger partial charge in [0.1, 0.15) is 23.9 Å². The van der Waals surface area contributed by atoms with Crippen molar-refractivity contribution in [3.63, 3.8) is 0 Å². The molecule has 3 unspecified atom stereocenters. The maximum Gasteiger partial charge on any atom is 0.246 e. The summed E-state index contributed by atoms with van der Waals surface area (Å²) in [4.78, 5) is 18.9. The van der Waals surface area contributed by atoms with Crippen molar-refractivity contribution in [2.24, 2.45) is 0 Å². The van der Waals surface area contributed by atoms with Crippen molar-refractivity contribution in [1.29, 1.82) is 0 Å². The minimum Gasteiger partial charge on any atom is -0.495 e. The summed E-state index contributed by atoms with van der Waals surface area (Å²) in [5.74, 6) is 1.42. The number of fused-ring (bicyclic) bond motifs is 1. The summed E-state index contributed by atoms with van der Waals surface area (Å²) in [5.41, 5.74) is 2.87. The van der Waals surface area contributed by atoms with Crippen LogP contribution in [0.3, 0.4) is 0 Å². The van der Waals surface area contributed by atoms with Crippen molar-refractivity contribution in [3.8, 4) is 0 Å². The highest BCUT2D eigenvalue weighted by Gasteiger charge is 2.27. The van der Waals surface area contributed by atoms with E-state index in [1.165, 1.54) is 0 Å². The number of nitrogens with zero attached hydrogens (tertiary/aromatic N) is 2. The average Bonchev–Trinajstić information content (AvgIpc) is 2.79. The zero-order valence-corrected chi connectivity index (χ0v) is 18.8. The summed E-state index contributed by atoms with van der Waals surface area (Å²) in [6.45, 7) is 4.68. The zero-order valence-electron chi connectivity index (χ0n) is 18.8. The highest BCUT2D eigenvalue weighted by molar-refractivity contribution is 5.92. The predicted molar refractivity (Wildman–Crippen MR) is 121 cm³/mol. The van der Waals surface area contributed by atoms with E-state index < -0.39 is 6.23 Å². The number of hydrogen-bond acceptors (Lipinski definition) is 6. The largest absolute Gasteiger partial charge is 0.495 e. The van der Waals surface area contributed by atoms with Crippen LogP contribution in [0.5, 0.6) is 0 Å². The summed E-state index contributed by atoms with van der Waals surface area (Å²) in [5, 5.41) is 12.6. The van der Waals surface area contributed by atoms with E-state index in [0.717, 1.165) is 41.7 Å². The van der Waals surface area contributed by atoms with Crippen LogP contribution >= 0.6 is 0 Å². The van der Waals surface area contributed by atoms with Crippen molar-refractivity contribution in [1.82, 2.24) is 9.88 Å². The van der Waals surface area contributed by atoms with Crippen molar-refractivity contribution >= 4 is 17.8 Å². The summed E-state index contributed by atoms with van der Waals surface area (Å²) >= 11 is 0.